The molecular formula is C21H17ClN4O2. The average molecular weight is 393 g/mol. The quantitative estimate of drug-likeness (QED) is 0.661. The molecule has 3 aromatic rings. The summed E-state index contributed by atoms with van der Waals surface area (Å²) in [4.78, 5) is 29.4. The van der Waals surface area contributed by atoms with Crippen molar-refractivity contribution in [2.24, 2.45) is 5.41 Å². The largest absolute Gasteiger partial charge is 0.271 e. The molecule has 0 saturated heterocycles. The van der Waals surface area contributed by atoms with Crippen LogP contribution in [0.1, 0.15) is 24.2 Å². The third kappa shape index (κ3) is 3.95. The summed E-state index contributed by atoms with van der Waals surface area (Å²) >= 11 is 5.95. The van der Waals surface area contributed by atoms with Gasteiger partial charge in [0.15, 0.2) is 0 Å². The Morgan fingerprint density at radius 2 is 1.75 bits per heavy atom. The molecule has 0 aliphatic carbocycles. The van der Waals surface area contributed by atoms with Crippen LogP contribution in [-0.4, -0.2) is 16.8 Å². The van der Waals surface area contributed by atoms with Crippen molar-refractivity contribution in [2.75, 3.05) is 0 Å². The molecule has 0 bridgehead atoms. The molecule has 0 radical (unpaired) electrons. The highest BCUT2D eigenvalue weighted by atomic mass is 35.5. The van der Waals surface area contributed by atoms with E-state index in [9.17, 15) is 9.59 Å². The number of hydrogen-bond acceptors (Lipinski definition) is 4. The van der Waals surface area contributed by atoms with Gasteiger partial charge in [0.25, 0.3) is 11.8 Å². The van der Waals surface area contributed by atoms with E-state index in [1.165, 1.54) is 13.8 Å². The minimum atomic E-state index is -1.26. The van der Waals surface area contributed by atoms with E-state index < -0.39 is 17.2 Å². The number of amides is 2. The van der Waals surface area contributed by atoms with Gasteiger partial charge in [-0.2, -0.15) is 5.26 Å². The van der Waals surface area contributed by atoms with Gasteiger partial charge in [-0.1, -0.05) is 41.9 Å². The Balaban J connectivity index is 1.97. The molecule has 2 N–H and O–H groups in total. The van der Waals surface area contributed by atoms with Crippen molar-refractivity contribution >= 4 is 34.3 Å². The number of carbonyl (C=O) groups is 2. The van der Waals surface area contributed by atoms with Crippen LogP contribution in [0.3, 0.4) is 0 Å². The Morgan fingerprint density at radius 3 is 2.43 bits per heavy atom. The zero-order chi connectivity index (χ0) is 20.3. The number of aromatic nitrogens is 1. The number of hydrazine groups is 1. The summed E-state index contributed by atoms with van der Waals surface area (Å²) in [5.41, 5.74) is 5.82. The molecule has 1 aromatic heterocycles. The van der Waals surface area contributed by atoms with E-state index in [-0.39, 0.29) is 0 Å². The van der Waals surface area contributed by atoms with Gasteiger partial charge in [0.1, 0.15) is 5.41 Å². The molecule has 6 nitrogen and oxygen atoms in total. The van der Waals surface area contributed by atoms with Crippen LogP contribution in [0, 0.1) is 16.7 Å². The van der Waals surface area contributed by atoms with E-state index in [2.05, 4.69) is 15.8 Å². The van der Waals surface area contributed by atoms with Gasteiger partial charge >= 0.3 is 0 Å². The van der Waals surface area contributed by atoms with Crippen molar-refractivity contribution in [1.82, 2.24) is 15.8 Å². The topological polar surface area (TPSA) is 94.9 Å². The number of halogens is 1. The van der Waals surface area contributed by atoms with E-state index in [0.717, 1.165) is 5.56 Å². The van der Waals surface area contributed by atoms with Crippen molar-refractivity contribution in [3.63, 3.8) is 0 Å². The number of nitrogens with one attached hydrogen (secondary N) is 2. The lowest BCUT2D eigenvalue weighted by Gasteiger charge is -2.16. The van der Waals surface area contributed by atoms with Crippen molar-refractivity contribution in [2.45, 2.75) is 13.8 Å². The second-order valence-corrected chi connectivity index (χ2v) is 7.16. The van der Waals surface area contributed by atoms with Crippen LogP contribution in [0.4, 0.5) is 0 Å². The summed E-state index contributed by atoms with van der Waals surface area (Å²) in [6.45, 7) is 2.93. The molecule has 0 atom stereocenters. The Labute approximate surface area is 167 Å². The van der Waals surface area contributed by atoms with Gasteiger partial charge in [0.05, 0.1) is 22.8 Å². The monoisotopic (exact) mass is 392 g/mol. The Bertz CT molecular complexity index is 1100. The van der Waals surface area contributed by atoms with E-state index in [0.29, 0.717) is 27.2 Å². The summed E-state index contributed by atoms with van der Waals surface area (Å²) < 4.78 is 0. The van der Waals surface area contributed by atoms with Crippen LogP contribution in [0.5, 0.6) is 0 Å². The molecular weight excluding hydrogens is 376 g/mol. The molecule has 2 aromatic carbocycles. The highest BCUT2D eigenvalue weighted by molar-refractivity contribution is 6.30. The maximum absolute atomic E-state index is 12.8. The van der Waals surface area contributed by atoms with Gasteiger partial charge in [-0.05, 0) is 38.1 Å². The fourth-order valence-corrected chi connectivity index (χ4v) is 2.65. The summed E-state index contributed by atoms with van der Waals surface area (Å²) in [5, 5.41) is 10.3. The summed E-state index contributed by atoms with van der Waals surface area (Å²) in [6.07, 6.45) is 0. The number of pyridine rings is 1. The normalized spacial score (nSPS) is 10.9. The number of para-hydroxylation sites is 1. The van der Waals surface area contributed by atoms with Crippen molar-refractivity contribution in [3.05, 3.63) is 65.2 Å². The fourth-order valence-electron chi connectivity index (χ4n) is 2.52. The second-order valence-electron chi connectivity index (χ2n) is 6.72. The van der Waals surface area contributed by atoms with E-state index in [1.54, 1.807) is 30.3 Å². The van der Waals surface area contributed by atoms with E-state index >= 15 is 0 Å². The Hall–Kier alpha value is -3.43. The van der Waals surface area contributed by atoms with Crippen LogP contribution in [0.15, 0.2) is 54.6 Å². The summed E-state index contributed by atoms with van der Waals surface area (Å²) in [6, 6.07) is 17.9. The van der Waals surface area contributed by atoms with E-state index in [1.807, 2.05) is 30.3 Å². The molecule has 0 unspecified atom stereocenters. The summed E-state index contributed by atoms with van der Waals surface area (Å²) in [7, 11) is 0. The van der Waals surface area contributed by atoms with Gasteiger partial charge in [-0.15, -0.1) is 0 Å². The number of carbonyl (C=O) groups excluding carboxylic acids is 2. The first-order valence-corrected chi connectivity index (χ1v) is 8.87. The maximum Gasteiger partial charge on any atom is 0.270 e. The van der Waals surface area contributed by atoms with Gasteiger partial charge < -0.3 is 0 Å². The van der Waals surface area contributed by atoms with Crippen LogP contribution in [0.2, 0.25) is 5.02 Å². The third-order valence-electron chi connectivity index (χ3n) is 4.24. The van der Waals surface area contributed by atoms with Crippen LogP contribution < -0.4 is 10.9 Å². The molecule has 3 rings (SSSR count). The number of nitriles is 1. The fraction of sp³-hybridized carbons (Fsp3) is 0.143. The minimum Gasteiger partial charge on any atom is -0.271 e. The highest BCUT2D eigenvalue weighted by Gasteiger charge is 2.27. The van der Waals surface area contributed by atoms with Crippen LogP contribution in [0.25, 0.3) is 22.2 Å². The van der Waals surface area contributed by atoms with Gasteiger partial charge in [-0.3, -0.25) is 20.4 Å². The molecule has 0 saturated carbocycles. The van der Waals surface area contributed by atoms with E-state index in [4.69, 9.17) is 16.9 Å². The zero-order valence-corrected chi connectivity index (χ0v) is 16.0. The molecule has 0 spiro atoms. The Morgan fingerprint density at radius 1 is 1.07 bits per heavy atom. The highest BCUT2D eigenvalue weighted by Crippen LogP contribution is 2.26. The first-order valence-electron chi connectivity index (χ1n) is 8.49. The lowest BCUT2D eigenvalue weighted by molar-refractivity contribution is -0.127. The molecule has 28 heavy (non-hydrogen) atoms. The van der Waals surface area contributed by atoms with Crippen molar-refractivity contribution in [3.8, 4) is 17.3 Å². The number of nitrogens with zero attached hydrogens (tertiary/aromatic N) is 2. The number of hydrogen-bond donors (Lipinski definition) is 2. The third-order valence-corrected chi connectivity index (χ3v) is 4.49. The smallest absolute Gasteiger partial charge is 0.270 e. The number of rotatable bonds is 3. The average Bonchev–Trinajstić information content (AvgIpc) is 2.71. The lowest BCUT2D eigenvalue weighted by atomic mass is 9.95. The first kappa shape index (κ1) is 19.3. The molecule has 1 heterocycles. The number of benzene rings is 2. The number of fused-ring (bicyclic) bond motifs is 1. The summed E-state index contributed by atoms with van der Waals surface area (Å²) in [5.74, 6) is -1.10. The second kappa shape index (κ2) is 7.67. The maximum atomic E-state index is 12.8. The molecule has 0 aliphatic heterocycles. The molecule has 0 fully saturated rings. The molecule has 7 heteroatoms. The van der Waals surface area contributed by atoms with Crippen molar-refractivity contribution < 1.29 is 9.59 Å². The van der Waals surface area contributed by atoms with Gasteiger partial charge in [0.2, 0.25) is 0 Å². The van der Waals surface area contributed by atoms with Crippen molar-refractivity contribution in [1.29, 1.82) is 5.26 Å². The SMILES string of the molecule is CC(C)(C#N)C(=O)NNC(=O)c1cc(-c2ccc(Cl)cc2)nc2ccccc12. The van der Waals surface area contributed by atoms with Crippen LogP contribution >= 0.6 is 11.6 Å². The minimum absolute atomic E-state index is 0.352. The molecule has 140 valence electrons. The first-order chi connectivity index (χ1) is 13.3. The Kier molecular flexibility index (Phi) is 5.30. The standard InChI is InChI=1S/C21H17ClN4O2/c1-21(2,12-23)20(28)26-25-19(27)16-11-18(13-7-9-14(22)10-8-13)24-17-6-4-3-5-15(16)17/h3-11H,1-2H3,(H,25,27)(H,26,28). The lowest BCUT2D eigenvalue weighted by Crippen LogP contribution is -2.47. The predicted molar refractivity (Wildman–Crippen MR) is 107 cm³/mol. The zero-order valence-electron chi connectivity index (χ0n) is 15.3. The van der Waals surface area contributed by atoms with Crippen LogP contribution in [-0.2, 0) is 4.79 Å². The van der Waals surface area contributed by atoms with Gasteiger partial charge in [-0.25, -0.2) is 4.98 Å². The van der Waals surface area contributed by atoms with Gasteiger partial charge in [0, 0.05) is 16.0 Å². The predicted octanol–water partition coefficient (Wildman–Crippen LogP) is 3.87. The molecule has 0 aliphatic rings. The molecule has 2 amide bonds.